The average Bonchev–Trinajstić information content (AvgIpc) is 2.58. The van der Waals surface area contributed by atoms with Gasteiger partial charge in [0.15, 0.2) is 18.1 Å². The Morgan fingerprint density at radius 3 is 2.43 bits per heavy atom. The van der Waals surface area contributed by atoms with Gasteiger partial charge in [0, 0.05) is 4.47 Å². The summed E-state index contributed by atoms with van der Waals surface area (Å²) in [6.07, 6.45) is 0. The molecule has 0 radical (unpaired) electrons. The predicted octanol–water partition coefficient (Wildman–Crippen LogP) is 3.38. The molecule has 2 aromatic carbocycles. The number of nitrogens with one attached hydrogen (secondary N) is 1. The summed E-state index contributed by atoms with van der Waals surface area (Å²) in [5, 5.41) is 4.07. The Kier molecular flexibility index (Phi) is 6.17. The van der Waals surface area contributed by atoms with Crippen molar-refractivity contribution in [3.63, 3.8) is 0 Å². The highest BCUT2D eigenvalue weighted by atomic mass is 79.9. The maximum absolute atomic E-state index is 11.8. The number of para-hydroxylation sites is 2. The van der Waals surface area contributed by atoms with Crippen LogP contribution in [-0.4, -0.2) is 25.3 Å². The molecule has 0 bridgehead atoms. The normalized spacial score (nSPS) is 11.0. The van der Waals surface area contributed by atoms with Crippen LogP contribution in [-0.2, 0) is 4.79 Å². The molecule has 0 saturated carbocycles. The maximum Gasteiger partial charge on any atom is 0.277 e. The zero-order valence-electron chi connectivity index (χ0n) is 12.9. The number of hydrazone groups is 1. The molecule has 6 heteroatoms. The molecule has 1 amide bonds. The highest BCUT2D eigenvalue weighted by molar-refractivity contribution is 9.10. The van der Waals surface area contributed by atoms with Crippen LogP contribution >= 0.6 is 15.9 Å². The van der Waals surface area contributed by atoms with E-state index in [2.05, 4.69) is 26.5 Å². The molecule has 0 aromatic heterocycles. The third kappa shape index (κ3) is 5.10. The molecule has 0 heterocycles. The molecule has 0 aliphatic heterocycles. The zero-order valence-corrected chi connectivity index (χ0v) is 14.5. The standard InChI is InChI=1S/C17H17BrN2O3/c1-12(13-7-9-14(18)10-8-13)19-20-17(21)11-23-16-6-4-3-5-15(16)22-2/h3-10H,11H2,1-2H3,(H,20,21)/b19-12-. The topological polar surface area (TPSA) is 59.9 Å². The van der Waals surface area contributed by atoms with Crippen molar-refractivity contribution in [1.82, 2.24) is 5.43 Å². The fourth-order valence-corrected chi connectivity index (χ4v) is 2.08. The summed E-state index contributed by atoms with van der Waals surface area (Å²) in [5.74, 6) is 0.751. The van der Waals surface area contributed by atoms with Crippen molar-refractivity contribution in [3.05, 3.63) is 58.6 Å². The van der Waals surface area contributed by atoms with Crippen LogP contribution in [0.25, 0.3) is 0 Å². The lowest BCUT2D eigenvalue weighted by Crippen LogP contribution is -2.25. The predicted molar refractivity (Wildman–Crippen MR) is 93.0 cm³/mol. The van der Waals surface area contributed by atoms with E-state index < -0.39 is 0 Å². The summed E-state index contributed by atoms with van der Waals surface area (Å²) in [6.45, 7) is 1.68. The van der Waals surface area contributed by atoms with Gasteiger partial charge in [0.25, 0.3) is 5.91 Å². The van der Waals surface area contributed by atoms with Crippen molar-refractivity contribution < 1.29 is 14.3 Å². The number of amides is 1. The molecule has 23 heavy (non-hydrogen) atoms. The third-order valence-electron chi connectivity index (χ3n) is 3.04. The largest absolute Gasteiger partial charge is 0.493 e. The molecule has 120 valence electrons. The maximum atomic E-state index is 11.8. The van der Waals surface area contributed by atoms with Crippen LogP contribution in [0.1, 0.15) is 12.5 Å². The molecule has 0 unspecified atom stereocenters. The molecule has 2 rings (SSSR count). The van der Waals surface area contributed by atoms with Crippen LogP contribution in [0.4, 0.5) is 0 Å². The van der Waals surface area contributed by atoms with Gasteiger partial charge in [-0.1, -0.05) is 40.2 Å². The Labute approximate surface area is 143 Å². The second kappa shape index (κ2) is 8.33. The molecule has 0 aliphatic rings. The van der Waals surface area contributed by atoms with Gasteiger partial charge in [-0.15, -0.1) is 0 Å². The number of carbonyl (C=O) groups excluding carboxylic acids is 1. The minimum absolute atomic E-state index is 0.141. The number of ether oxygens (including phenoxy) is 2. The molecule has 5 nitrogen and oxygen atoms in total. The monoisotopic (exact) mass is 376 g/mol. The Balaban J connectivity index is 1.89. The molecular weight excluding hydrogens is 360 g/mol. The summed E-state index contributed by atoms with van der Waals surface area (Å²) in [5.41, 5.74) is 4.12. The number of halogens is 1. The average molecular weight is 377 g/mol. The van der Waals surface area contributed by atoms with Crippen LogP contribution in [0.2, 0.25) is 0 Å². The lowest BCUT2D eigenvalue weighted by Gasteiger charge is -2.09. The first-order valence-corrected chi connectivity index (χ1v) is 7.74. The lowest BCUT2D eigenvalue weighted by atomic mass is 10.1. The molecule has 2 aromatic rings. The van der Waals surface area contributed by atoms with Gasteiger partial charge in [-0.3, -0.25) is 4.79 Å². The Morgan fingerprint density at radius 2 is 1.78 bits per heavy atom. The molecule has 0 spiro atoms. The van der Waals surface area contributed by atoms with Crippen LogP contribution in [0.15, 0.2) is 58.1 Å². The van der Waals surface area contributed by atoms with E-state index >= 15 is 0 Å². The van der Waals surface area contributed by atoms with E-state index in [0.29, 0.717) is 17.2 Å². The molecule has 1 N–H and O–H groups in total. The second-order valence-corrected chi connectivity index (χ2v) is 5.59. The molecule has 0 aliphatic carbocycles. The quantitative estimate of drug-likeness (QED) is 0.620. The highest BCUT2D eigenvalue weighted by Gasteiger charge is 2.06. The summed E-state index contributed by atoms with van der Waals surface area (Å²) in [4.78, 5) is 11.8. The fraction of sp³-hybridized carbons (Fsp3) is 0.176. The number of carbonyl (C=O) groups is 1. The minimum atomic E-state index is -0.340. The number of hydrogen-bond donors (Lipinski definition) is 1. The van der Waals surface area contributed by atoms with Crippen LogP contribution in [0.5, 0.6) is 11.5 Å². The number of hydrogen-bond acceptors (Lipinski definition) is 4. The Bertz CT molecular complexity index is 699. The highest BCUT2D eigenvalue weighted by Crippen LogP contribution is 2.25. The smallest absolute Gasteiger partial charge is 0.277 e. The van der Waals surface area contributed by atoms with E-state index in [9.17, 15) is 4.79 Å². The van der Waals surface area contributed by atoms with Crippen LogP contribution in [0, 0.1) is 0 Å². The Morgan fingerprint density at radius 1 is 1.13 bits per heavy atom. The first kappa shape index (κ1) is 17.0. The van der Waals surface area contributed by atoms with Crippen LogP contribution < -0.4 is 14.9 Å². The molecule has 0 atom stereocenters. The molecule has 0 fully saturated rings. The summed E-state index contributed by atoms with van der Waals surface area (Å²) < 4.78 is 11.6. The fourth-order valence-electron chi connectivity index (χ4n) is 1.82. The molecule has 0 saturated heterocycles. The third-order valence-corrected chi connectivity index (χ3v) is 3.57. The van der Waals surface area contributed by atoms with Crippen LogP contribution in [0.3, 0.4) is 0 Å². The van der Waals surface area contributed by atoms with Crippen molar-refractivity contribution in [2.45, 2.75) is 6.92 Å². The van der Waals surface area contributed by atoms with E-state index in [1.165, 1.54) is 0 Å². The van der Waals surface area contributed by atoms with E-state index in [1.54, 1.807) is 19.2 Å². The van der Waals surface area contributed by atoms with E-state index in [-0.39, 0.29) is 12.5 Å². The van der Waals surface area contributed by atoms with E-state index in [0.717, 1.165) is 10.0 Å². The Hall–Kier alpha value is -2.34. The van der Waals surface area contributed by atoms with Crippen molar-refractivity contribution in [1.29, 1.82) is 0 Å². The van der Waals surface area contributed by atoms with Gasteiger partial charge in [0.1, 0.15) is 0 Å². The summed E-state index contributed by atoms with van der Waals surface area (Å²) >= 11 is 3.37. The van der Waals surface area contributed by atoms with Gasteiger partial charge in [0.2, 0.25) is 0 Å². The first-order valence-electron chi connectivity index (χ1n) is 6.95. The van der Waals surface area contributed by atoms with Crippen molar-refractivity contribution >= 4 is 27.5 Å². The van der Waals surface area contributed by atoms with Crippen molar-refractivity contribution in [2.75, 3.05) is 13.7 Å². The van der Waals surface area contributed by atoms with Gasteiger partial charge >= 0.3 is 0 Å². The summed E-state index contributed by atoms with van der Waals surface area (Å²) in [6, 6.07) is 14.8. The van der Waals surface area contributed by atoms with Gasteiger partial charge in [-0.05, 0) is 36.8 Å². The minimum Gasteiger partial charge on any atom is -0.493 e. The lowest BCUT2D eigenvalue weighted by molar-refractivity contribution is -0.123. The van der Waals surface area contributed by atoms with Gasteiger partial charge in [0.05, 0.1) is 12.8 Å². The number of benzene rings is 2. The zero-order chi connectivity index (χ0) is 16.7. The van der Waals surface area contributed by atoms with E-state index in [1.807, 2.05) is 43.3 Å². The number of methoxy groups -OCH3 is 1. The number of nitrogens with zero attached hydrogens (tertiary/aromatic N) is 1. The van der Waals surface area contributed by atoms with Crippen molar-refractivity contribution in [2.24, 2.45) is 5.10 Å². The molecular formula is C17H17BrN2O3. The van der Waals surface area contributed by atoms with Gasteiger partial charge in [-0.25, -0.2) is 5.43 Å². The van der Waals surface area contributed by atoms with Gasteiger partial charge in [-0.2, -0.15) is 5.10 Å². The van der Waals surface area contributed by atoms with Gasteiger partial charge < -0.3 is 9.47 Å². The summed E-state index contributed by atoms with van der Waals surface area (Å²) in [7, 11) is 1.55. The van der Waals surface area contributed by atoms with E-state index in [4.69, 9.17) is 9.47 Å². The SMILES string of the molecule is COc1ccccc1OCC(=O)N/N=C(/C)c1ccc(Br)cc1. The second-order valence-electron chi connectivity index (χ2n) is 4.68. The first-order chi connectivity index (χ1) is 11.1. The van der Waals surface area contributed by atoms with Crippen molar-refractivity contribution in [3.8, 4) is 11.5 Å². The number of rotatable bonds is 6.